The summed E-state index contributed by atoms with van der Waals surface area (Å²) in [6, 6.07) is 7.53. The van der Waals surface area contributed by atoms with Gasteiger partial charge >= 0.3 is 5.97 Å². The maximum atomic E-state index is 12.1. The Morgan fingerprint density at radius 3 is 2.64 bits per heavy atom. The van der Waals surface area contributed by atoms with Gasteiger partial charge in [-0.2, -0.15) is 0 Å². The van der Waals surface area contributed by atoms with Crippen molar-refractivity contribution in [2.75, 3.05) is 20.3 Å². The zero-order valence-electron chi connectivity index (χ0n) is 12.6. The Morgan fingerprint density at radius 2 is 2.09 bits per heavy atom. The number of benzene rings is 1. The molecule has 0 saturated carbocycles. The van der Waals surface area contributed by atoms with Gasteiger partial charge in [-0.25, -0.2) is 0 Å². The monoisotopic (exact) mass is 307 g/mol. The van der Waals surface area contributed by atoms with Crippen molar-refractivity contribution in [1.29, 1.82) is 0 Å². The topological polar surface area (TPSA) is 84.9 Å². The van der Waals surface area contributed by atoms with Crippen LogP contribution in [0.4, 0.5) is 0 Å². The number of hydrogen-bond donors (Lipinski definition) is 2. The lowest BCUT2D eigenvalue weighted by Gasteiger charge is -2.27. The molecule has 6 nitrogen and oxygen atoms in total. The number of hydrogen-bond acceptors (Lipinski definition) is 4. The highest BCUT2D eigenvalue weighted by Crippen LogP contribution is 2.23. The van der Waals surface area contributed by atoms with Crippen LogP contribution in [0.15, 0.2) is 24.3 Å². The molecule has 120 valence electrons. The number of methoxy groups -OCH3 is 1. The summed E-state index contributed by atoms with van der Waals surface area (Å²) in [5, 5.41) is 11.8. The Morgan fingerprint density at radius 1 is 1.36 bits per heavy atom. The minimum Gasteiger partial charge on any atom is -0.497 e. The first-order chi connectivity index (χ1) is 10.5. The van der Waals surface area contributed by atoms with E-state index >= 15 is 0 Å². The number of carboxylic acids is 1. The molecule has 1 unspecified atom stereocenters. The quantitative estimate of drug-likeness (QED) is 0.795. The van der Waals surface area contributed by atoms with Crippen LogP contribution in [-0.4, -0.2) is 42.8 Å². The predicted octanol–water partition coefficient (Wildman–Crippen LogP) is 1.38. The highest BCUT2D eigenvalue weighted by molar-refractivity contribution is 5.78. The molecule has 1 aromatic rings. The number of rotatable bonds is 7. The molecular weight excluding hydrogens is 286 g/mol. The summed E-state index contributed by atoms with van der Waals surface area (Å²) in [7, 11) is 1.61. The van der Waals surface area contributed by atoms with Gasteiger partial charge in [0.15, 0.2) is 0 Å². The zero-order chi connectivity index (χ0) is 16.0. The van der Waals surface area contributed by atoms with E-state index in [1.165, 1.54) is 0 Å². The summed E-state index contributed by atoms with van der Waals surface area (Å²) in [5.41, 5.74) is 0.272. The number of aryl methyl sites for hydroxylation is 1. The fourth-order valence-electron chi connectivity index (χ4n) is 2.59. The molecule has 1 amide bonds. The maximum Gasteiger partial charge on any atom is 0.305 e. The number of carbonyl (C=O) groups excluding carboxylic acids is 1. The van der Waals surface area contributed by atoms with Crippen LogP contribution in [0.1, 0.15) is 24.8 Å². The summed E-state index contributed by atoms with van der Waals surface area (Å²) < 4.78 is 10.3. The van der Waals surface area contributed by atoms with Crippen molar-refractivity contribution in [2.45, 2.75) is 31.2 Å². The second-order valence-corrected chi connectivity index (χ2v) is 5.55. The first-order valence-electron chi connectivity index (χ1n) is 7.26. The summed E-state index contributed by atoms with van der Waals surface area (Å²) in [4.78, 5) is 23.1. The second-order valence-electron chi connectivity index (χ2n) is 5.55. The minimum atomic E-state index is -0.930. The van der Waals surface area contributed by atoms with E-state index in [9.17, 15) is 9.59 Å². The van der Waals surface area contributed by atoms with Crippen LogP contribution < -0.4 is 10.1 Å². The lowest BCUT2D eigenvalue weighted by Crippen LogP contribution is -2.50. The van der Waals surface area contributed by atoms with Crippen LogP contribution >= 0.6 is 0 Å². The van der Waals surface area contributed by atoms with Crippen molar-refractivity contribution in [2.24, 2.45) is 0 Å². The molecule has 1 aliphatic heterocycles. The molecule has 22 heavy (non-hydrogen) atoms. The second kappa shape index (κ2) is 7.26. The summed E-state index contributed by atoms with van der Waals surface area (Å²) in [6.45, 7) is 0.736. The number of ether oxygens (including phenoxy) is 2. The number of amides is 1. The predicted molar refractivity (Wildman–Crippen MR) is 79.9 cm³/mol. The summed E-state index contributed by atoms with van der Waals surface area (Å²) in [5.74, 6) is -0.305. The van der Waals surface area contributed by atoms with E-state index in [-0.39, 0.29) is 18.9 Å². The average Bonchev–Trinajstić information content (AvgIpc) is 2.92. The number of carbonyl (C=O) groups is 2. The number of nitrogens with one attached hydrogen (secondary N) is 1. The van der Waals surface area contributed by atoms with E-state index in [1.54, 1.807) is 7.11 Å². The van der Waals surface area contributed by atoms with E-state index in [1.807, 2.05) is 24.3 Å². The molecule has 6 heteroatoms. The number of carboxylic acid groups (broad SMARTS) is 1. The van der Waals surface area contributed by atoms with Crippen LogP contribution in [0.2, 0.25) is 0 Å². The van der Waals surface area contributed by atoms with Crippen LogP contribution in [0.3, 0.4) is 0 Å². The van der Waals surface area contributed by atoms with Gasteiger partial charge in [-0.15, -0.1) is 0 Å². The molecule has 1 atom stereocenters. The van der Waals surface area contributed by atoms with Gasteiger partial charge in [-0.1, -0.05) is 12.1 Å². The Balaban J connectivity index is 1.86. The molecule has 0 aliphatic carbocycles. The highest BCUT2D eigenvalue weighted by Gasteiger charge is 2.38. The van der Waals surface area contributed by atoms with Crippen molar-refractivity contribution in [3.05, 3.63) is 29.8 Å². The Labute approximate surface area is 129 Å². The number of aliphatic carboxylic acids is 1. The van der Waals surface area contributed by atoms with Crippen molar-refractivity contribution in [1.82, 2.24) is 5.32 Å². The fraction of sp³-hybridized carbons (Fsp3) is 0.500. The van der Waals surface area contributed by atoms with Crippen molar-refractivity contribution >= 4 is 11.9 Å². The fourth-order valence-corrected chi connectivity index (χ4v) is 2.59. The lowest BCUT2D eigenvalue weighted by molar-refractivity contribution is -0.139. The molecule has 1 saturated heterocycles. The highest BCUT2D eigenvalue weighted by atomic mass is 16.5. The van der Waals surface area contributed by atoms with Gasteiger partial charge in [0.2, 0.25) is 5.91 Å². The smallest absolute Gasteiger partial charge is 0.305 e. The lowest BCUT2D eigenvalue weighted by atomic mass is 9.94. The minimum absolute atomic E-state index is 0.110. The standard InChI is InChI=1S/C16H21NO5/c1-21-13-5-2-12(3-6-13)4-7-14(18)17-16(10-15(19)20)8-9-22-11-16/h2-3,5-6H,4,7-11H2,1H3,(H,17,18)(H,19,20). The normalized spacial score (nSPS) is 20.6. The maximum absolute atomic E-state index is 12.1. The Kier molecular flexibility index (Phi) is 5.38. The third-order valence-corrected chi connectivity index (χ3v) is 3.80. The molecule has 1 fully saturated rings. The van der Waals surface area contributed by atoms with Crippen LogP contribution in [0.5, 0.6) is 5.75 Å². The molecule has 0 bridgehead atoms. The van der Waals surface area contributed by atoms with Crippen LogP contribution in [-0.2, 0) is 20.7 Å². The van der Waals surface area contributed by atoms with E-state index in [0.717, 1.165) is 11.3 Å². The largest absolute Gasteiger partial charge is 0.497 e. The molecule has 1 aromatic carbocycles. The molecular formula is C16H21NO5. The van der Waals surface area contributed by atoms with Gasteiger partial charge in [0, 0.05) is 13.0 Å². The van der Waals surface area contributed by atoms with Gasteiger partial charge in [-0.05, 0) is 30.5 Å². The van der Waals surface area contributed by atoms with Crippen molar-refractivity contribution in [3.63, 3.8) is 0 Å². The molecule has 0 spiro atoms. The first kappa shape index (κ1) is 16.3. The Hall–Kier alpha value is -2.08. The third kappa shape index (κ3) is 4.46. The summed E-state index contributed by atoms with van der Waals surface area (Å²) >= 11 is 0. The molecule has 2 N–H and O–H groups in total. The van der Waals surface area contributed by atoms with Gasteiger partial charge in [0.1, 0.15) is 5.75 Å². The van der Waals surface area contributed by atoms with Crippen LogP contribution in [0, 0.1) is 0 Å². The SMILES string of the molecule is COc1ccc(CCC(=O)NC2(CC(=O)O)CCOC2)cc1. The summed E-state index contributed by atoms with van der Waals surface area (Å²) in [6.07, 6.45) is 1.34. The van der Waals surface area contributed by atoms with Crippen molar-refractivity contribution < 1.29 is 24.2 Å². The third-order valence-electron chi connectivity index (χ3n) is 3.80. The van der Waals surface area contributed by atoms with Gasteiger partial charge in [0.25, 0.3) is 0 Å². The molecule has 0 radical (unpaired) electrons. The van der Waals surface area contributed by atoms with E-state index in [0.29, 0.717) is 25.9 Å². The van der Waals surface area contributed by atoms with E-state index < -0.39 is 11.5 Å². The Bertz CT molecular complexity index is 520. The van der Waals surface area contributed by atoms with Gasteiger partial charge in [0.05, 0.1) is 25.7 Å². The van der Waals surface area contributed by atoms with E-state index in [4.69, 9.17) is 14.6 Å². The molecule has 1 aliphatic rings. The van der Waals surface area contributed by atoms with E-state index in [2.05, 4.69) is 5.32 Å². The molecule has 0 aromatic heterocycles. The molecule has 2 rings (SSSR count). The van der Waals surface area contributed by atoms with Gasteiger partial charge < -0.3 is 19.9 Å². The average molecular weight is 307 g/mol. The molecule has 1 heterocycles. The first-order valence-corrected chi connectivity index (χ1v) is 7.26. The zero-order valence-corrected chi connectivity index (χ0v) is 12.6. The van der Waals surface area contributed by atoms with Crippen molar-refractivity contribution in [3.8, 4) is 5.75 Å². The van der Waals surface area contributed by atoms with Crippen LogP contribution in [0.25, 0.3) is 0 Å². The van der Waals surface area contributed by atoms with Gasteiger partial charge in [-0.3, -0.25) is 9.59 Å².